The largest absolute Gasteiger partial charge is 0.352 e. The maximum absolute atomic E-state index is 12.8. The zero-order chi connectivity index (χ0) is 19.3. The molecule has 5 nitrogen and oxygen atoms in total. The second-order valence-corrected chi connectivity index (χ2v) is 7.98. The molecule has 1 aromatic heterocycles. The first-order valence-corrected chi connectivity index (χ1v) is 10.2. The summed E-state index contributed by atoms with van der Waals surface area (Å²) in [5, 5.41) is 2.95. The van der Waals surface area contributed by atoms with E-state index in [1.165, 1.54) is 5.56 Å². The highest BCUT2D eigenvalue weighted by Gasteiger charge is 2.49. The molecule has 1 saturated carbocycles. The smallest absolute Gasteiger partial charge is 0.226 e. The van der Waals surface area contributed by atoms with Crippen LogP contribution < -0.4 is 5.32 Å². The monoisotopic (exact) mass is 377 g/mol. The third-order valence-corrected chi connectivity index (χ3v) is 5.95. The number of aromatic nitrogens is 1. The van der Waals surface area contributed by atoms with E-state index in [2.05, 4.69) is 34.6 Å². The summed E-state index contributed by atoms with van der Waals surface area (Å²) in [6.07, 6.45) is 7.30. The molecule has 1 aromatic carbocycles. The van der Waals surface area contributed by atoms with Crippen molar-refractivity contribution in [2.24, 2.45) is 17.8 Å². The number of carbonyl (C=O) groups excluding carboxylic acids is 2. The third kappa shape index (κ3) is 4.58. The molecular weight excluding hydrogens is 350 g/mol. The molecule has 0 bridgehead atoms. The highest BCUT2D eigenvalue weighted by molar-refractivity contribution is 5.92. The van der Waals surface area contributed by atoms with Crippen LogP contribution in [0.25, 0.3) is 0 Å². The molecule has 2 aliphatic rings. The van der Waals surface area contributed by atoms with Gasteiger partial charge in [0.25, 0.3) is 0 Å². The van der Waals surface area contributed by atoms with Crippen LogP contribution in [-0.4, -0.2) is 34.8 Å². The molecule has 5 heteroatoms. The molecular formula is C23H27N3O2. The lowest BCUT2D eigenvalue weighted by Gasteiger charge is -2.32. The molecule has 2 atom stereocenters. The molecule has 28 heavy (non-hydrogen) atoms. The van der Waals surface area contributed by atoms with Crippen molar-refractivity contribution in [1.29, 1.82) is 0 Å². The zero-order valence-corrected chi connectivity index (χ0v) is 16.1. The topological polar surface area (TPSA) is 62.3 Å². The first kappa shape index (κ1) is 18.7. The summed E-state index contributed by atoms with van der Waals surface area (Å²) in [7, 11) is 0. The van der Waals surface area contributed by atoms with Crippen LogP contribution in [0.5, 0.6) is 0 Å². The van der Waals surface area contributed by atoms with Crippen LogP contribution in [0.1, 0.15) is 30.4 Å². The number of rotatable bonds is 6. The van der Waals surface area contributed by atoms with Gasteiger partial charge in [-0.05, 0) is 54.9 Å². The van der Waals surface area contributed by atoms with Gasteiger partial charge in [-0.25, -0.2) is 0 Å². The predicted octanol–water partition coefficient (Wildman–Crippen LogP) is 2.82. The normalized spacial score (nSPS) is 21.9. The molecule has 2 unspecified atom stereocenters. The Hall–Kier alpha value is -2.69. The van der Waals surface area contributed by atoms with Gasteiger partial charge in [-0.2, -0.15) is 0 Å². The van der Waals surface area contributed by atoms with Crippen LogP contribution in [0.4, 0.5) is 0 Å². The van der Waals surface area contributed by atoms with Crippen molar-refractivity contribution in [3.8, 4) is 0 Å². The Labute approximate surface area is 166 Å². The molecule has 2 amide bonds. The minimum absolute atomic E-state index is 0.00544. The highest BCUT2D eigenvalue weighted by Crippen LogP contribution is 2.41. The molecule has 1 aliphatic carbocycles. The fourth-order valence-corrected chi connectivity index (χ4v) is 4.12. The van der Waals surface area contributed by atoms with E-state index in [1.807, 2.05) is 23.1 Å². The van der Waals surface area contributed by atoms with Gasteiger partial charge >= 0.3 is 0 Å². The second-order valence-electron chi connectivity index (χ2n) is 7.98. The minimum atomic E-state index is -0.156. The van der Waals surface area contributed by atoms with E-state index in [9.17, 15) is 9.59 Å². The lowest BCUT2D eigenvalue weighted by atomic mass is 9.90. The lowest BCUT2D eigenvalue weighted by molar-refractivity contribution is -0.136. The van der Waals surface area contributed by atoms with Crippen molar-refractivity contribution < 1.29 is 9.59 Å². The Morgan fingerprint density at radius 3 is 2.39 bits per heavy atom. The van der Waals surface area contributed by atoms with Crippen LogP contribution in [0.2, 0.25) is 0 Å². The number of nitrogens with one attached hydrogen (secondary N) is 1. The van der Waals surface area contributed by atoms with Crippen LogP contribution in [-0.2, 0) is 22.6 Å². The third-order valence-electron chi connectivity index (χ3n) is 5.95. The van der Waals surface area contributed by atoms with E-state index in [1.54, 1.807) is 12.4 Å². The van der Waals surface area contributed by atoms with Gasteiger partial charge in [0.1, 0.15) is 0 Å². The van der Waals surface area contributed by atoms with Gasteiger partial charge in [0.2, 0.25) is 11.8 Å². The number of likely N-dealkylation sites (tertiary alicyclic amines) is 1. The summed E-state index contributed by atoms with van der Waals surface area (Å²) in [5.74, 6) is 0.529. The van der Waals surface area contributed by atoms with E-state index in [0.29, 0.717) is 18.9 Å². The number of carbonyl (C=O) groups is 2. The molecule has 2 heterocycles. The number of nitrogens with zero attached hydrogens (tertiary/aromatic N) is 2. The van der Waals surface area contributed by atoms with E-state index in [-0.39, 0.29) is 23.7 Å². The number of hydrogen-bond donors (Lipinski definition) is 1. The fourth-order valence-electron chi connectivity index (χ4n) is 4.12. The van der Waals surface area contributed by atoms with Gasteiger partial charge in [-0.1, -0.05) is 30.3 Å². The molecule has 146 valence electrons. The van der Waals surface area contributed by atoms with Crippen molar-refractivity contribution in [2.75, 3.05) is 13.1 Å². The van der Waals surface area contributed by atoms with Gasteiger partial charge in [0.15, 0.2) is 0 Å². The second kappa shape index (κ2) is 8.55. The maximum atomic E-state index is 12.8. The Balaban J connectivity index is 1.20. The van der Waals surface area contributed by atoms with E-state index < -0.39 is 0 Å². The quantitative estimate of drug-likeness (QED) is 0.842. The number of benzene rings is 1. The van der Waals surface area contributed by atoms with Crippen LogP contribution in [0, 0.1) is 17.8 Å². The van der Waals surface area contributed by atoms with Crippen molar-refractivity contribution in [3.63, 3.8) is 0 Å². The molecule has 0 radical (unpaired) electrons. The number of amides is 2. The summed E-state index contributed by atoms with van der Waals surface area (Å²) in [6, 6.07) is 14.3. The average molecular weight is 377 g/mol. The lowest BCUT2D eigenvalue weighted by Crippen LogP contribution is -2.40. The van der Waals surface area contributed by atoms with E-state index in [0.717, 1.165) is 37.9 Å². The number of pyridine rings is 1. The van der Waals surface area contributed by atoms with Crippen LogP contribution in [0.15, 0.2) is 54.9 Å². The van der Waals surface area contributed by atoms with E-state index >= 15 is 0 Å². The highest BCUT2D eigenvalue weighted by atomic mass is 16.2. The minimum Gasteiger partial charge on any atom is -0.352 e. The standard InChI is InChI=1S/C23H27N3O2/c27-22(25-16-19-6-10-24-11-7-19)20-15-21(20)23(28)26-12-8-18(9-13-26)14-17-4-2-1-3-5-17/h1-7,10-11,18,20-21H,8-9,12-16H2,(H,25,27). The summed E-state index contributed by atoms with van der Waals surface area (Å²) in [5.41, 5.74) is 2.40. The molecule has 2 aromatic rings. The SMILES string of the molecule is O=C(NCc1ccncc1)C1CC1C(=O)N1CCC(Cc2ccccc2)CC1. The molecule has 0 spiro atoms. The van der Waals surface area contributed by atoms with Crippen molar-refractivity contribution >= 4 is 11.8 Å². The van der Waals surface area contributed by atoms with Gasteiger partial charge < -0.3 is 10.2 Å². The Morgan fingerprint density at radius 2 is 1.68 bits per heavy atom. The fraction of sp³-hybridized carbons (Fsp3) is 0.435. The zero-order valence-electron chi connectivity index (χ0n) is 16.1. The van der Waals surface area contributed by atoms with Crippen molar-refractivity contribution in [1.82, 2.24) is 15.2 Å². The van der Waals surface area contributed by atoms with Crippen LogP contribution >= 0.6 is 0 Å². The van der Waals surface area contributed by atoms with E-state index in [4.69, 9.17) is 0 Å². The number of hydrogen-bond acceptors (Lipinski definition) is 3. The average Bonchev–Trinajstić information content (AvgIpc) is 3.55. The first-order valence-electron chi connectivity index (χ1n) is 10.2. The predicted molar refractivity (Wildman–Crippen MR) is 107 cm³/mol. The summed E-state index contributed by atoms with van der Waals surface area (Å²) < 4.78 is 0. The Bertz CT molecular complexity index is 801. The number of piperidine rings is 1. The first-order chi connectivity index (χ1) is 13.7. The molecule has 1 saturated heterocycles. The maximum Gasteiger partial charge on any atom is 0.226 e. The molecule has 1 N–H and O–H groups in total. The molecule has 1 aliphatic heterocycles. The Kier molecular flexibility index (Phi) is 5.70. The Morgan fingerprint density at radius 1 is 0.964 bits per heavy atom. The van der Waals surface area contributed by atoms with Crippen molar-refractivity contribution in [2.45, 2.75) is 32.2 Å². The summed E-state index contributed by atoms with van der Waals surface area (Å²) in [4.78, 5) is 31.0. The summed E-state index contributed by atoms with van der Waals surface area (Å²) >= 11 is 0. The molecule has 4 rings (SSSR count). The van der Waals surface area contributed by atoms with Gasteiger partial charge in [-0.15, -0.1) is 0 Å². The summed E-state index contributed by atoms with van der Waals surface area (Å²) in [6.45, 7) is 2.13. The van der Waals surface area contributed by atoms with Gasteiger partial charge in [0, 0.05) is 32.0 Å². The van der Waals surface area contributed by atoms with Crippen molar-refractivity contribution in [3.05, 3.63) is 66.0 Å². The molecule has 2 fully saturated rings. The van der Waals surface area contributed by atoms with Crippen LogP contribution in [0.3, 0.4) is 0 Å². The van der Waals surface area contributed by atoms with Gasteiger partial charge in [0.05, 0.1) is 11.8 Å². The van der Waals surface area contributed by atoms with Gasteiger partial charge in [-0.3, -0.25) is 14.6 Å².